The normalized spacial score (nSPS) is 17.4. The number of methoxy groups -OCH3 is 2. The van der Waals surface area contributed by atoms with Crippen molar-refractivity contribution >= 4 is 0 Å². The zero-order valence-corrected chi connectivity index (χ0v) is 10.3. The number of hydrogen-bond acceptors (Lipinski definition) is 3. The van der Waals surface area contributed by atoms with E-state index in [2.05, 4.69) is 0 Å². The summed E-state index contributed by atoms with van der Waals surface area (Å²) in [5.74, 6) is 0.252. The second-order valence-electron chi connectivity index (χ2n) is 4.50. The second kappa shape index (κ2) is 4.53. The van der Waals surface area contributed by atoms with Crippen LogP contribution in [0, 0.1) is 5.82 Å². The third-order valence-electron chi connectivity index (χ3n) is 3.76. The Morgan fingerprint density at radius 3 is 2.41 bits per heavy atom. The number of hydrogen-bond donors (Lipinski definition) is 1. The maximum atomic E-state index is 14.4. The molecule has 17 heavy (non-hydrogen) atoms. The van der Waals surface area contributed by atoms with Crippen LogP contribution in [0.15, 0.2) is 12.1 Å². The van der Waals surface area contributed by atoms with Gasteiger partial charge in [-0.2, -0.15) is 0 Å². The van der Waals surface area contributed by atoms with Gasteiger partial charge in [0.2, 0.25) is 0 Å². The molecule has 0 saturated heterocycles. The lowest BCUT2D eigenvalue weighted by atomic mass is 9.64. The first-order chi connectivity index (χ1) is 8.18. The largest absolute Gasteiger partial charge is 0.493 e. The molecule has 0 amide bonds. The molecule has 0 aromatic heterocycles. The van der Waals surface area contributed by atoms with E-state index in [1.54, 1.807) is 12.1 Å². The number of halogens is 1. The standard InChI is InChI=1S/C13H18FNO2/c1-16-10-5-4-9(11(14)12(10)17-2)13(8-15)6-3-7-13/h4-5H,3,6-8,15H2,1-2H3. The highest BCUT2D eigenvalue weighted by molar-refractivity contribution is 5.47. The van der Waals surface area contributed by atoms with Crippen LogP contribution >= 0.6 is 0 Å². The molecular formula is C13H18FNO2. The molecule has 1 aromatic carbocycles. The van der Waals surface area contributed by atoms with Crippen molar-refractivity contribution in [1.82, 2.24) is 0 Å². The Morgan fingerprint density at radius 2 is 2.00 bits per heavy atom. The van der Waals surface area contributed by atoms with Crippen molar-refractivity contribution in [2.75, 3.05) is 20.8 Å². The van der Waals surface area contributed by atoms with E-state index in [1.165, 1.54) is 14.2 Å². The SMILES string of the molecule is COc1ccc(C2(CN)CCC2)c(F)c1OC. The summed E-state index contributed by atoms with van der Waals surface area (Å²) in [6.45, 7) is 0.472. The van der Waals surface area contributed by atoms with Crippen LogP contribution in [-0.2, 0) is 5.41 Å². The van der Waals surface area contributed by atoms with Crippen molar-refractivity contribution in [1.29, 1.82) is 0 Å². The van der Waals surface area contributed by atoms with Crippen LogP contribution in [0.25, 0.3) is 0 Å². The molecule has 0 radical (unpaired) electrons. The maximum Gasteiger partial charge on any atom is 0.197 e. The van der Waals surface area contributed by atoms with Crippen molar-refractivity contribution in [2.24, 2.45) is 5.73 Å². The molecule has 94 valence electrons. The highest BCUT2D eigenvalue weighted by Gasteiger charge is 2.40. The van der Waals surface area contributed by atoms with Crippen LogP contribution in [0.1, 0.15) is 24.8 Å². The van der Waals surface area contributed by atoms with Gasteiger partial charge in [0.15, 0.2) is 17.3 Å². The molecule has 3 nitrogen and oxygen atoms in total. The first kappa shape index (κ1) is 12.2. The number of nitrogens with two attached hydrogens (primary N) is 1. The van der Waals surface area contributed by atoms with E-state index in [0.29, 0.717) is 17.9 Å². The summed E-state index contributed by atoms with van der Waals surface area (Å²) < 4.78 is 24.5. The average molecular weight is 239 g/mol. The minimum atomic E-state index is -0.336. The van der Waals surface area contributed by atoms with Gasteiger partial charge in [-0.3, -0.25) is 0 Å². The van der Waals surface area contributed by atoms with Crippen molar-refractivity contribution in [3.05, 3.63) is 23.5 Å². The Bertz CT molecular complexity index is 411. The molecule has 2 rings (SSSR count). The van der Waals surface area contributed by atoms with Gasteiger partial charge >= 0.3 is 0 Å². The number of rotatable bonds is 4. The van der Waals surface area contributed by atoms with E-state index < -0.39 is 0 Å². The Labute approximate surface area is 101 Å². The van der Waals surface area contributed by atoms with Crippen molar-refractivity contribution < 1.29 is 13.9 Å². The van der Waals surface area contributed by atoms with Crippen LogP contribution in [0.2, 0.25) is 0 Å². The summed E-state index contributed by atoms with van der Waals surface area (Å²) in [6, 6.07) is 3.51. The molecule has 4 heteroatoms. The number of ether oxygens (including phenoxy) is 2. The summed E-state index contributed by atoms with van der Waals surface area (Å²) in [6.07, 6.45) is 2.98. The van der Waals surface area contributed by atoms with Crippen molar-refractivity contribution in [3.8, 4) is 11.5 Å². The number of benzene rings is 1. The van der Waals surface area contributed by atoms with Gasteiger partial charge in [0.05, 0.1) is 14.2 Å². The summed E-state index contributed by atoms with van der Waals surface area (Å²) in [5, 5.41) is 0. The molecule has 1 aliphatic carbocycles. The lowest BCUT2D eigenvalue weighted by molar-refractivity contribution is 0.240. The highest BCUT2D eigenvalue weighted by atomic mass is 19.1. The van der Waals surface area contributed by atoms with Crippen LogP contribution in [0.5, 0.6) is 11.5 Å². The molecule has 0 aliphatic heterocycles. The smallest absolute Gasteiger partial charge is 0.197 e. The van der Waals surface area contributed by atoms with E-state index in [0.717, 1.165) is 19.3 Å². The van der Waals surface area contributed by atoms with Crippen molar-refractivity contribution in [2.45, 2.75) is 24.7 Å². The summed E-state index contributed by atoms with van der Waals surface area (Å²) in [4.78, 5) is 0. The van der Waals surface area contributed by atoms with Gasteiger partial charge in [-0.25, -0.2) is 4.39 Å². The Balaban J connectivity index is 2.49. The van der Waals surface area contributed by atoms with Gasteiger partial charge in [-0.15, -0.1) is 0 Å². The topological polar surface area (TPSA) is 44.5 Å². The van der Waals surface area contributed by atoms with Gasteiger partial charge < -0.3 is 15.2 Å². The predicted molar refractivity (Wildman–Crippen MR) is 64.1 cm³/mol. The molecule has 1 fully saturated rings. The van der Waals surface area contributed by atoms with Crippen molar-refractivity contribution in [3.63, 3.8) is 0 Å². The fraction of sp³-hybridized carbons (Fsp3) is 0.538. The quantitative estimate of drug-likeness (QED) is 0.876. The van der Waals surface area contributed by atoms with Crippen LogP contribution in [0.4, 0.5) is 4.39 Å². The van der Waals surface area contributed by atoms with Crippen LogP contribution < -0.4 is 15.2 Å². The minimum absolute atomic E-state index is 0.171. The van der Waals surface area contributed by atoms with Gasteiger partial charge in [-0.1, -0.05) is 12.5 Å². The summed E-state index contributed by atoms with van der Waals surface area (Å²) >= 11 is 0. The van der Waals surface area contributed by atoms with Gasteiger partial charge in [-0.05, 0) is 24.5 Å². The van der Waals surface area contributed by atoms with Gasteiger partial charge in [0, 0.05) is 12.0 Å². The first-order valence-corrected chi connectivity index (χ1v) is 5.79. The summed E-state index contributed by atoms with van der Waals surface area (Å²) in [5.41, 5.74) is 6.24. The van der Waals surface area contributed by atoms with Crippen LogP contribution in [0.3, 0.4) is 0 Å². The third kappa shape index (κ3) is 1.76. The fourth-order valence-electron chi connectivity index (χ4n) is 2.49. The summed E-state index contributed by atoms with van der Waals surface area (Å²) in [7, 11) is 2.94. The highest BCUT2D eigenvalue weighted by Crippen LogP contribution is 2.46. The third-order valence-corrected chi connectivity index (χ3v) is 3.76. The van der Waals surface area contributed by atoms with Crippen LogP contribution in [-0.4, -0.2) is 20.8 Å². The Hall–Kier alpha value is -1.29. The van der Waals surface area contributed by atoms with Gasteiger partial charge in [0.25, 0.3) is 0 Å². The van der Waals surface area contributed by atoms with Gasteiger partial charge in [0.1, 0.15) is 0 Å². The predicted octanol–water partition coefficient (Wildman–Crippen LogP) is 2.22. The molecule has 1 aromatic rings. The van der Waals surface area contributed by atoms with E-state index in [9.17, 15) is 4.39 Å². The zero-order chi connectivity index (χ0) is 12.5. The first-order valence-electron chi connectivity index (χ1n) is 5.79. The molecular weight excluding hydrogens is 221 g/mol. The molecule has 0 bridgehead atoms. The second-order valence-corrected chi connectivity index (χ2v) is 4.50. The average Bonchev–Trinajstić information content (AvgIpc) is 2.30. The van der Waals surface area contributed by atoms with E-state index in [1.807, 2.05) is 0 Å². The molecule has 1 aliphatic rings. The molecule has 0 unspecified atom stereocenters. The zero-order valence-electron chi connectivity index (χ0n) is 10.3. The van der Waals surface area contributed by atoms with E-state index >= 15 is 0 Å². The molecule has 0 atom stereocenters. The molecule has 1 saturated carbocycles. The fourth-order valence-corrected chi connectivity index (χ4v) is 2.49. The van der Waals surface area contributed by atoms with E-state index in [-0.39, 0.29) is 17.0 Å². The Kier molecular flexibility index (Phi) is 3.24. The lowest BCUT2D eigenvalue weighted by Crippen LogP contribution is -2.42. The molecule has 0 spiro atoms. The lowest BCUT2D eigenvalue weighted by Gasteiger charge is -2.41. The maximum absolute atomic E-state index is 14.4. The molecule has 2 N–H and O–H groups in total. The minimum Gasteiger partial charge on any atom is -0.493 e. The Morgan fingerprint density at radius 1 is 1.29 bits per heavy atom. The van der Waals surface area contributed by atoms with E-state index in [4.69, 9.17) is 15.2 Å². The molecule has 0 heterocycles. The monoisotopic (exact) mass is 239 g/mol.